The van der Waals surface area contributed by atoms with Crippen LogP contribution in [0.4, 0.5) is 10.1 Å². The predicted octanol–water partition coefficient (Wildman–Crippen LogP) is 1.33. The Morgan fingerprint density at radius 1 is 1.47 bits per heavy atom. The van der Waals surface area contributed by atoms with Crippen molar-refractivity contribution in [1.82, 2.24) is 10.5 Å². The second-order valence-corrected chi connectivity index (χ2v) is 3.40. The molecule has 0 saturated carbocycles. The van der Waals surface area contributed by atoms with Crippen molar-refractivity contribution >= 4 is 11.6 Å². The first-order valence-corrected chi connectivity index (χ1v) is 4.89. The molecule has 0 fully saturated rings. The van der Waals surface area contributed by atoms with Crippen LogP contribution in [0.25, 0.3) is 0 Å². The Morgan fingerprint density at radius 2 is 2.29 bits per heavy atom. The Labute approximate surface area is 96.4 Å². The number of nitrogens with one attached hydrogen (secondary N) is 1. The smallest absolute Gasteiger partial charge is 0.254 e. The summed E-state index contributed by atoms with van der Waals surface area (Å²) in [5.41, 5.74) is 5.60. The highest BCUT2D eigenvalue weighted by molar-refractivity contribution is 5.94. The quantitative estimate of drug-likeness (QED) is 0.786. The van der Waals surface area contributed by atoms with Crippen molar-refractivity contribution in [3.63, 3.8) is 0 Å². The summed E-state index contributed by atoms with van der Waals surface area (Å²) in [7, 11) is 0. The maximum Gasteiger partial charge on any atom is 0.254 e. The van der Waals surface area contributed by atoms with Crippen LogP contribution in [0.5, 0.6) is 0 Å². The van der Waals surface area contributed by atoms with Gasteiger partial charge < -0.3 is 15.6 Å². The molecule has 17 heavy (non-hydrogen) atoms. The number of nitrogens with two attached hydrogens (primary N) is 1. The molecule has 1 amide bonds. The van der Waals surface area contributed by atoms with E-state index in [0.29, 0.717) is 5.76 Å². The highest BCUT2D eigenvalue weighted by Gasteiger charge is 2.11. The van der Waals surface area contributed by atoms with Gasteiger partial charge in [-0.2, -0.15) is 0 Å². The Hall–Kier alpha value is -2.37. The molecule has 2 aromatic rings. The summed E-state index contributed by atoms with van der Waals surface area (Å²) in [4.78, 5) is 11.6. The first-order valence-electron chi connectivity index (χ1n) is 4.89. The molecular weight excluding hydrogens is 225 g/mol. The topological polar surface area (TPSA) is 81.2 Å². The molecular formula is C11H10FN3O2. The van der Waals surface area contributed by atoms with E-state index in [1.165, 1.54) is 18.3 Å². The van der Waals surface area contributed by atoms with Crippen LogP contribution in [0.3, 0.4) is 0 Å². The average molecular weight is 235 g/mol. The van der Waals surface area contributed by atoms with E-state index in [0.717, 1.165) is 6.07 Å². The Balaban J connectivity index is 2.04. The van der Waals surface area contributed by atoms with Gasteiger partial charge in [0.15, 0.2) is 5.76 Å². The van der Waals surface area contributed by atoms with Gasteiger partial charge >= 0.3 is 0 Å². The van der Waals surface area contributed by atoms with Gasteiger partial charge in [-0.3, -0.25) is 4.79 Å². The van der Waals surface area contributed by atoms with E-state index in [9.17, 15) is 9.18 Å². The predicted molar refractivity (Wildman–Crippen MR) is 58.5 cm³/mol. The summed E-state index contributed by atoms with van der Waals surface area (Å²) in [6.45, 7) is 0.155. The molecule has 1 aromatic heterocycles. The molecule has 0 aliphatic heterocycles. The van der Waals surface area contributed by atoms with Crippen LogP contribution in [0.1, 0.15) is 16.1 Å². The molecule has 0 unspecified atom stereocenters. The van der Waals surface area contributed by atoms with Crippen LogP contribution in [0.15, 0.2) is 35.0 Å². The van der Waals surface area contributed by atoms with Crippen LogP contribution in [-0.4, -0.2) is 11.1 Å². The number of nitrogen functional groups attached to an aromatic ring is 1. The van der Waals surface area contributed by atoms with Gasteiger partial charge in [0, 0.05) is 11.8 Å². The van der Waals surface area contributed by atoms with Crippen molar-refractivity contribution in [3.8, 4) is 0 Å². The monoisotopic (exact) mass is 235 g/mol. The molecule has 88 valence electrons. The summed E-state index contributed by atoms with van der Waals surface area (Å²) < 4.78 is 18.2. The highest BCUT2D eigenvalue weighted by Crippen LogP contribution is 2.11. The lowest BCUT2D eigenvalue weighted by atomic mass is 10.2. The minimum Gasteiger partial charge on any atom is -0.399 e. The van der Waals surface area contributed by atoms with Gasteiger partial charge in [0.25, 0.3) is 5.91 Å². The second kappa shape index (κ2) is 4.65. The number of nitrogens with zero attached hydrogens (tertiary/aromatic N) is 1. The zero-order valence-electron chi connectivity index (χ0n) is 8.81. The number of aromatic nitrogens is 1. The van der Waals surface area contributed by atoms with Crippen molar-refractivity contribution in [3.05, 3.63) is 47.6 Å². The fourth-order valence-corrected chi connectivity index (χ4v) is 1.31. The molecule has 0 saturated heterocycles. The van der Waals surface area contributed by atoms with E-state index < -0.39 is 11.7 Å². The third kappa shape index (κ3) is 2.60. The van der Waals surface area contributed by atoms with Crippen LogP contribution in [0.2, 0.25) is 0 Å². The first-order chi connectivity index (χ1) is 8.16. The molecule has 0 bridgehead atoms. The van der Waals surface area contributed by atoms with Crippen molar-refractivity contribution in [2.24, 2.45) is 0 Å². The fraction of sp³-hybridized carbons (Fsp3) is 0.0909. The third-order valence-corrected chi connectivity index (χ3v) is 2.15. The normalized spacial score (nSPS) is 10.2. The maximum absolute atomic E-state index is 13.4. The van der Waals surface area contributed by atoms with Gasteiger partial charge in [0.2, 0.25) is 0 Å². The van der Waals surface area contributed by atoms with Crippen molar-refractivity contribution < 1.29 is 13.7 Å². The van der Waals surface area contributed by atoms with Gasteiger partial charge in [0.05, 0.1) is 18.3 Å². The average Bonchev–Trinajstić information content (AvgIpc) is 2.78. The number of benzene rings is 1. The maximum atomic E-state index is 13.4. The minimum atomic E-state index is -0.653. The Morgan fingerprint density at radius 3 is 2.94 bits per heavy atom. The molecule has 6 heteroatoms. The SMILES string of the molecule is Nc1ccc(C(=O)NCc2ccno2)c(F)c1. The Bertz CT molecular complexity index is 526. The number of halogens is 1. The molecule has 0 atom stereocenters. The molecule has 0 radical (unpaired) electrons. The zero-order chi connectivity index (χ0) is 12.3. The van der Waals surface area contributed by atoms with Gasteiger partial charge in [-0.15, -0.1) is 0 Å². The standard InChI is InChI=1S/C11H10FN3O2/c12-10-5-7(13)1-2-9(10)11(16)14-6-8-3-4-15-17-8/h1-5H,6,13H2,(H,14,16). The largest absolute Gasteiger partial charge is 0.399 e. The summed E-state index contributed by atoms with van der Waals surface area (Å²) in [5.74, 6) is -0.687. The van der Waals surface area contributed by atoms with E-state index in [1.54, 1.807) is 6.07 Å². The molecule has 3 N–H and O–H groups in total. The highest BCUT2D eigenvalue weighted by atomic mass is 19.1. The Kier molecular flexibility index (Phi) is 3.04. The number of amides is 1. The van der Waals surface area contributed by atoms with Crippen molar-refractivity contribution in [2.45, 2.75) is 6.54 Å². The number of carbonyl (C=O) groups is 1. The van der Waals surface area contributed by atoms with Gasteiger partial charge in [-0.1, -0.05) is 5.16 Å². The molecule has 0 aliphatic rings. The lowest BCUT2D eigenvalue weighted by Gasteiger charge is -2.04. The summed E-state index contributed by atoms with van der Waals surface area (Å²) in [6, 6.07) is 5.51. The van der Waals surface area contributed by atoms with Crippen LogP contribution in [0, 0.1) is 5.82 Å². The van der Waals surface area contributed by atoms with Crippen LogP contribution >= 0.6 is 0 Å². The molecule has 1 aromatic carbocycles. The number of anilines is 1. The van der Waals surface area contributed by atoms with Crippen molar-refractivity contribution in [1.29, 1.82) is 0 Å². The van der Waals surface area contributed by atoms with E-state index in [-0.39, 0.29) is 17.8 Å². The fourth-order valence-electron chi connectivity index (χ4n) is 1.31. The first kappa shape index (κ1) is 11.1. The molecule has 0 aliphatic carbocycles. The number of hydrogen-bond acceptors (Lipinski definition) is 4. The van der Waals surface area contributed by atoms with E-state index in [4.69, 9.17) is 10.3 Å². The summed E-state index contributed by atoms with van der Waals surface area (Å²) in [5, 5.41) is 5.99. The van der Waals surface area contributed by atoms with E-state index in [2.05, 4.69) is 10.5 Å². The molecule has 1 heterocycles. The van der Waals surface area contributed by atoms with Crippen molar-refractivity contribution in [2.75, 3.05) is 5.73 Å². The minimum absolute atomic E-state index is 0.0567. The number of hydrogen-bond donors (Lipinski definition) is 2. The van der Waals surface area contributed by atoms with Gasteiger partial charge in [-0.25, -0.2) is 4.39 Å². The lowest BCUT2D eigenvalue weighted by Crippen LogP contribution is -2.23. The van der Waals surface area contributed by atoms with E-state index in [1.807, 2.05) is 0 Å². The summed E-state index contributed by atoms with van der Waals surface area (Å²) in [6.07, 6.45) is 1.46. The van der Waals surface area contributed by atoms with Gasteiger partial charge in [-0.05, 0) is 18.2 Å². The van der Waals surface area contributed by atoms with E-state index >= 15 is 0 Å². The van der Waals surface area contributed by atoms with Gasteiger partial charge in [0.1, 0.15) is 5.82 Å². The van der Waals surface area contributed by atoms with Crippen LogP contribution < -0.4 is 11.1 Å². The number of rotatable bonds is 3. The molecule has 2 rings (SSSR count). The van der Waals surface area contributed by atoms with Crippen LogP contribution in [-0.2, 0) is 6.54 Å². The second-order valence-electron chi connectivity index (χ2n) is 3.40. The number of carbonyl (C=O) groups excluding carboxylic acids is 1. The molecule has 5 nitrogen and oxygen atoms in total. The third-order valence-electron chi connectivity index (χ3n) is 2.15. The lowest BCUT2D eigenvalue weighted by molar-refractivity contribution is 0.0943. The zero-order valence-corrected chi connectivity index (χ0v) is 8.81. The molecule has 0 spiro atoms. The summed E-state index contributed by atoms with van der Waals surface area (Å²) >= 11 is 0.